The molecular formula is C15H21FO5. The Morgan fingerprint density at radius 2 is 1.81 bits per heavy atom. The summed E-state index contributed by atoms with van der Waals surface area (Å²) < 4.78 is 24.1. The predicted molar refractivity (Wildman–Crippen MR) is 75.1 cm³/mol. The van der Waals surface area contributed by atoms with E-state index in [1.54, 1.807) is 13.8 Å². The Bertz CT molecular complexity index is 513. The maximum absolute atomic E-state index is 14.0. The fourth-order valence-corrected chi connectivity index (χ4v) is 2.24. The highest BCUT2D eigenvalue weighted by Crippen LogP contribution is 2.37. The van der Waals surface area contributed by atoms with Gasteiger partial charge in [-0.3, -0.25) is 4.79 Å². The van der Waals surface area contributed by atoms with Crippen molar-refractivity contribution in [3.05, 3.63) is 23.5 Å². The molecule has 0 aliphatic rings. The SMILES string of the molecule is COc1cc(F)c(C(O)CC(C)(C)CC(=O)O)cc1OC. The molecule has 5 nitrogen and oxygen atoms in total. The molecule has 2 N–H and O–H groups in total. The molecule has 1 unspecified atom stereocenters. The molecule has 1 aromatic rings. The standard InChI is InChI=1S/C15H21FO5/c1-15(2,8-14(18)19)7-11(17)9-5-12(20-3)13(21-4)6-10(9)16/h5-6,11,17H,7-8H2,1-4H3,(H,18,19). The number of hydrogen-bond acceptors (Lipinski definition) is 4. The van der Waals surface area contributed by atoms with E-state index in [1.807, 2.05) is 0 Å². The predicted octanol–water partition coefficient (Wildman–Crippen LogP) is 2.77. The molecule has 1 aromatic carbocycles. The molecule has 0 heterocycles. The van der Waals surface area contributed by atoms with Gasteiger partial charge in [0, 0.05) is 11.6 Å². The Kier molecular flexibility index (Phi) is 5.54. The first kappa shape index (κ1) is 17.2. The van der Waals surface area contributed by atoms with E-state index in [2.05, 4.69) is 0 Å². The van der Waals surface area contributed by atoms with Crippen LogP contribution < -0.4 is 9.47 Å². The number of aliphatic carboxylic acids is 1. The van der Waals surface area contributed by atoms with E-state index in [1.165, 1.54) is 20.3 Å². The molecule has 0 bridgehead atoms. The van der Waals surface area contributed by atoms with Gasteiger partial charge in [0.25, 0.3) is 0 Å². The molecule has 0 aliphatic heterocycles. The first-order valence-corrected chi connectivity index (χ1v) is 6.51. The van der Waals surface area contributed by atoms with Gasteiger partial charge in [0.2, 0.25) is 0 Å². The third-order valence-corrected chi connectivity index (χ3v) is 3.24. The highest BCUT2D eigenvalue weighted by molar-refractivity contribution is 5.67. The monoisotopic (exact) mass is 300 g/mol. The van der Waals surface area contributed by atoms with E-state index >= 15 is 0 Å². The molecule has 1 atom stereocenters. The van der Waals surface area contributed by atoms with Crippen molar-refractivity contribution < 1.29 is 28.9 Å². The van der Waals surface area contributed by atoms with Crippen molar-refractivity contribution in [2.45, 2.75) is 32.8 Å². The Balaban J connectivity index is 3.02. The van der Waals surface area contributed by atoms with Crippen molar-refractivity contribution in [1.29, 1.82) is 0 Å². The minimum atomic E-state index is -1.13. The minimum absolute atomic E-state index is 0.0612. The number of ether oxygens (including phenoxy) is 2. The van der Waals surface area contributed by atoms with Crippen molar-refractivity contribution in [2.75, 3.05) is 14.2 Å². The molecule has 21 heavy (non-hydrogen) atoms. The van der Waals surface area contributed by atoms with E-state index in [0.29, 0.717) is 5.75 Å². The van der Waals surface area contributed by atoms with Crippen LogP contribution in [0.2, 0.25) is 0 Å². The molecule has 0 fully saturated rings. The Morgan fingerprint density at radius 1 is 1.29 bits per heavy atom. The number of aliphatic hydroxyl groups is 1. The number of carboxylic acids is 1. The molecule has 1 rings (SSSR count). The first-order valence-electron chi connectivity index (χ1n) is 6.51. The summed E-state index contributed by atoms with van der Waals surface area (Å²) in [6.07, 6.45) is -1.12. The zero-order valence-electron chi connectivity index (χ0n) is 12.6. The number of carboxylic acid groups (broad SMARTS) is 1. The topological polar surface area (TPSA) is 76.0 Å². The summed E-state index contributed by atoms with van der Waals surface area (Å²) in [6, 6.07) is 2.51. The van der Waals surface area contributed by atoms with Crippen LogP contribution in [0, 0.1) is 11.2 Å². The lowest BCUT2D eigenvalue weighted by molar-refractivity contribution is -0.139. The number of halogens is 1. The van der Waals surface area contributed by atoms with Crippen LogP contribution in [0.3, 0.4) is 0 Å². The second-order valence-corrected chi connectivity index (χ2v) is 5.68. The Morgan fingerprint density at radius 3 is 2.29 bits per heavy atom. The highest BCUT2D eigenvalue weighted by Gasteiger charge is 2.28. The quantitative estimate of drug-likeness (QED) is 0.809. The van der Waals surface area contributed by atoms with Crippen molar-refractivity contribution in [3.63, 3.8) is 0 Å². The fraction of sp³-hybridized carbons (Fsp3) is 0.533. The van der Waals surface area contributed by atoms with E-state index in [0.717, 1.165) is 6.07 Å². The molecule has 0 saturated carbocycles. The summed E-state index contributed by atoms with van der Waals surface area (Å²) in [5.41, 5.74) is -0.601. The summed E-state index contributed by atoms with van der Waals surface area (Å²) in [5.74, 6) is -1.04. The van der Waals surface area contributed by atoms with E-state index in [9.17, 15) is 14.3 Å². The summed E-state index contributed by atoms with van der Waals surface area (Å²) in [5, 5.41) is 19.0. The lowest BCUT2D eigenvalue weighted by Crippen LogP contribution is -2.20. The average molecular weight is 300 g/mol. The second kappa shape index (κ2) is 6.76. The number of benzene rings is 1. The van der Waals surface area contributed by atoms with Crippen LogP contribution in [-0.2, 0) is 4.79 Å². The van der Waals surface area contributed by atoms with Crippen molar-refractivity contribution in [2.24, 2.45) is 5.41 Å². The fourth-order valence-electron chi connectivity index (χ4n) is 2.24. The van der Waals surface area contributed by atoms with Crippen molar-refractivity contribution in [1.82, 2.24) is 0 Å². The van der Waals surface area contributed by atoms with Gasteiger partial charge in [0.05, 0.1) is 26.7 Å². The summed E-state index contributed by atoms with van der Waals surface area (Å²) in [4.78, 5) is 10.8. The van der Waals surface area contributed by atoms with Gasteiger partial charge in [-0.2, -0.15) is 0 Å². The van der Waals surface area contributed by atoms with Crippen LogP contribution >= 0.6 is 0 Å². The van der Waals surface area contributed by atoms with Crippen LogP contribution in [0.1, 0.15) is 38.4 Å². The van der Waals surface area contributed by atoms with E-state index < -0.39 is 23.3 Å². The Labute approximate surface area is 123 Å². The molecule has 0 amide bonds. The van der Waals surface area contributed by atoms with Crippen LogP contribution in [0.4, 0.5) is 4.39 Å². The third-order valence-electron chi connectivity index (χ3n) is 3.24. The van der Waals surface area contributed by atoms with Gasteiger partial charge in [0.1, 0.15) is 5.82 Å². The second-order valence-electron chi connectivity index (χ2n) is 5.68. The van der Waals surface area contributed by atoms with Crippen molar-refractivity contribution >= 4 is 5.97 Å². The molecule has 0 spiro atoms. The van der Waals surface area contributed by atoms with Gasteiger partial charge in [-0.1, -0.05) is 13.8 Å². The van der Waals surface area contributed by atoms with E-state index in [-0.39, 0.29) is 24.2 Å². The maximum atomic E-state index is 14.0. The highest BCUT2D eigenvalue weighted by atomic mass is 19.1. The zero-order chi connectivity index (χ0) is 16.2. The van der Waals surface area contributed by atoms with E-state index in [4.69, 9.17) is 14.6 Å². The summed E-state index contributed by atoms with van der Waals surface area (Å²) >= 11 is 0. The number of carbonyl (C=O) groups is 1. The number of hydrogen-bond donors (Lipinski definition) is 2. The van der Waals surface area contributed by atoms with Gasteiger partial charge >= 0.3 is 5.97 Å². The average Bonchev–Trinajstić information content (AvgIpc) is 2.35. The molecular weight excluding hydrogens is 279 g/mol. The number of aliphatic hydroxyl groups excluding tert-OH is 1. The van der Waals surface area contributed by atoms with Gasteiger partial charge in [-0.25, -0.2) is 4.39 Å². The van der Waals surface area contributed by atoms with Crippen LogP contribution in [0.5, 0.6) is 11.5 Å². The number of rotatable bonds is 7. The molecule has 118 valence electrons. The summed E-state index contributed by atoms with van der Waals surface area (Å²) in [6.45, 7) is 3.42. The lowest BCUT2D eigenvalue weighted by atomic mass is 9.82. The van der Waals surface area contributed by atoms with Crippen LogP contribution in [-0.4, -0.2) is 30.4 Å². The molecule has 0 aromatic heterocycles. The zero-order valence-corrected chi connectivity index (χ0v) is 12.6. The minimum Gasteiger partial charge on any atom is -0.493 e. The van der Waals surface area contributed by atoms with Crippen LogP contribution in [0.25, 0.3) is 0 Å². The number of methoxy groups -OCH3 is 2. The van der Waals surface area contributed by atoms with Gasteiger partial charge in [0.15, 0.2) is 11.5 Å². The largest absolute Gasteiger partial charge is 0.493 e. The van der Waals surface area contributed by atoms with Gasteiger partial charge in [-0.15, -0.1) is 0 Å². The molecule has 0 aliphatic carbocycles. The summed E-state index contributed by atoms with van der Waals surface area (Å²) in [7, 11) is 2.81. The van der Waals surface area contributed by atoms with Gasteiger partial charge in [-0.05, 0) is 17.9 Å². The third kappa shape index (κ3) is 4.60. The van der Waals surface area contributed by atoms with Crippen molar-refractivity contribution in [3.8, 4) is 11.5 Å². The van der Waals surface area contributed by atoms with Crippen LogP contribution in [0.15, 0.2) is 12.1 Å². The first-order chi connectivity index (χ1) is 9.70. The molecule has 6 heteroatoms. The van der Waals surface area contributed by atoms with Gasteiger partial charge < -0.3 is 19.7 Å². The normalized spacial score (nSPS) is 12.9. The lowest BCUT2D eigenvalue weighted by Gasteiger charge is -2.26. The Hall–Kier alpha value is -1.82. The smallest absolute Gasteiger partial charge is 0.303 e. The maximum Gasteiger partial charge on any atom is 0.303 e. The molecule has 0 radical (unpaired) electrons. The molecule has 0 saturated heterocycles.